The van der Waals surface area contributed by atoms with E-state index in [0.29, 0.717) is 16.4 Å². The molecule has 0 bridgehead atoms. The Morgan fingerprint density at radius 1 is 1.10 bits per heavy atom. The van der Waals surface area contributed by atoms with Gasteiger partial charge in [0.2, 0.25) is 5.91 Å². The zero-order chi connectivity index (χ0) is 20.5. The predicted molar refractivity (Wildman–Crippen MR) is 108 cm³/mol. The van der Waals surface area contributed by atoms with Gasteiger partial charge in [-0.2, -0.15) is 5.11 Å². The Morgan fingerprint density at radius 2 is 1.83 bits per heavy atom. The topological polar surface area (TPSA) is 94.4 Å². The summed E-state index contributed by atoms with van der Waals surface area (Å²) in [4.78, 5) is 39.2. The molecule has 1 saturated heterocycles. The van der Waals surface area contributed by atoms with Crippen molar-refractivity contribution in [1.82, 2.24) is 5.01 Å². The van der Waals surface area contributed by atoms with Crippen molar-refractivity contribution in [1.29, 1.82) is 0 Å². The minimum absolute atomic E-state index is 0.225. The second kappa shape index (κ2) is 7.63. The summed E-state index contributed by atoms with van der Waals surface area (Å²) in [5, 5.41) is 12.1. The van der Waals surface area contributed by atoms with Crippen molar-refractivity contribution in [3.05, 3.63) is 59.1 Å². The fourth-order valence-corrected chi connectivity index (χ4v) is 3.57. The number of imide groups is 1. The standard InChI is InChI=1S/C20H18ClN5O3/c1-2-12-7-9-13(10-8-12)26-19(28)17-18(20(26)29)25(24-23-17)11-16(27)22-15-6-4-3-5-14(15)21/h3-10,17-18H,2,11H2,1H3,(H,22,27)/t17-,18-/m0/s1. The van der Waals surface area contributed by atoms with E-state index in [4.69, 9.17) is 11.6 Å². The predicted octanol–water partition coefficient (Wildman–Crippen LogP) is 2.83. The van der Waals surface area contributed by atoms with E-state index >= 15 is 0 Å². The first-order chi connectivity index (χ1) is 14.0. The second-order valence-electron chi connectivity index (χ2n) is 6.75. The summed E-state index contributed by atoms with van der Waals surface area (Å²) in [6.07, 6.45) is 0.857. The molecule has 3 amide bonds. The number of aryl methyl sites for hydroxylation is 1. The Hall–Kier alpha value is -3.26. The minimum atomic E-state index is -0.943. The number of hydrogen-bond acceptors (Lipinski definition) is 6. The maximum atomic E-state index is 12.9. The molecule has 4 rings (SSSR count). The van der Waals surface area contributed by atoms with Gasteiger partial charge in [-0.15, -0.1) is 0 Å². The van der Waals surface area contributed by atoms with Gasteiger partial charge in [-0.1, -0.05) is 48.0 Å². The maximum absolute atomic E-state index is 12.9. The van der Waals surface area contributed by atoms with E-state index in [0.717, 1.165) is 16.9 Å². The van der Waals surface area contributed by atoms with Crippen LogP contribution in [0.5, 0.6) is 0 Å². The lowest BCUT2D eigenvalue weighted by atomic mass is 10.1. The van der Waals surface area contributed by atoms with E-state index in [1.165, 1.54) is 5.01 Å². The normalized spacial score (nSPS) is 20.3. The molecule has 0 aliphatic carbocycles. The van der Waals surface area contributed by atoms with Crippen molar-refractivity contribution in [2.45, 2.75) is 25.4 Å². The van der Waals surface area contributed by atoms with Gasteiger partial charge in [0.25, 0.3) is 11.8 Å². The molecule has 148 valence electrons. The molecule has 9 heteroatoms. The van der Waals surface area contributed by atoms with Gasteiger partial charge in [0.15, 0.2) is 12.1 Å². The molecule has 2 aliphatic heterocycles. The fraction of sp³-hybridized carbons (Fsp3) is 0.250. The quantitative estimate of drug-likeness (QED) is 0.765. The van der Waals surface area contributed by atoms with Gasteiger partial charge in [0.1, 0.15) is 6.54 Å². The van der Waals surface area contributed by atoms with Gasteiger partial charge in [-0.25, -0.2) is 4.90 Å². The van der Waals surface area contributed by atoms with Crippen LogP contribution < -0.4 is 10.2 Å². The molecule has 2 heterocycles. The number of hydrogen-bond donors (Lipinski definition) is 1. The number of nitrogens with zero attached hydrogens (tertiary/aromatic N) is 4. The van der Waals surface area contributed by atoms with Gasteiger partial charge in [-0.3, -0.25) is 19.4 Å². The van der Waals surface area contributed by atoms with Crippen LogP contribution in [-0.2, 0) is 20.8 Å². The number of carbonyl (C=O) groups is 3. The molecule has 29 heavy (non-hydrogen) atoms. The van der Waals surface area contributed by atoms with Gasteiger partial charge in [0, 0.05) is 0 Å². The molecule has 0 spiro atoms. The number of para-hydroxylation sites is 1. The number of anilines is 2. The van der Waals surface area contributed by atoms with Crippen LogP contribution >= 0.6 is 11.6 Å². The summed E-state index contributed by atoms with van der Waals surface area (Å²) >= 11 is 6.05. The summed E-state index contributed by atoms with van der Waals surface area (Å²) in [5.74, 6) is -1.30. The summed E-state index contributed by atoms with van der Waals surface area (Å²) < 4.78 is 0. The number of rotatable bonds is 5. The first-order valence-electron chi connectivity index (χ1n) is 9.18. The number of carbonyl (C=O) groups excluding carboxylic acids is 3. The van der Waals surface area contributed by atoms with Gasteiger partial charge < -0.3 is 5.32 Å². The Labute approximate surface area is 172 Å². The largest absolute Gasteiger partial charge is 0.323 e. The summed E-state index contributed by atoms with van der Waals surface area (Å²) in [5.41, 5.74) is 2.05. The molecule has 0 unspecified atom stereocenters. The number of nitrogens with one attached hydrogen (secondary N) is 1. The molecule has 8 nitrogen and oxygen atoms in total. The average molecular weight is 412 g/mol. The van der Waals surface area contributed by atoms with E-state index in [2.05, 4.69) is 15.7 Å². The number of halogens is 1. The van der Waals surface area contributed by atoms with Crippen molar-refractivity contribution in [2.24, 2.45) is 10.3 Å². The number of benzene rings is 2. The summed E-state index contributed by atoms with van der Waals surface area (Å²) in [6, 6.07) is 12.2. The molecule has 0 radical (unpaired) electrons. The summed E-state index contributed by atoms with van der Waals surface area (Å²) in [6.45, 7) is 1.80. The molecule has 2 aromatic carbocycles. The number of amides is 3. The molecule has 0 aromatic heterocycles. The van der Waals surface area contributed by atoms with E-state index in [1.807, 2.05) is 19.1 Å². The second-order valence-corrected chi connectivity index (χ2v) is 7.16. The lowest BCUT2D eigenvalue weighted by Crippen LogP contribution is -2.43. The lowest BCUT2D eigenvalue weighted by molar-refractivity contribution is -0.123. The Bertz CT molecular complexity index is 1010. The molecule has 1 N–H and O–H groups in total. The molecular formula is C20H18ClN5O3. The highest BCUT2D eigenvalue weighted by Crippen LogP contribution is 2.32. The third-order valence-electron chi connectivity index (χ3n) is 4.91. The van der Waals surface area contributed by atoms with Gasteiger partial charge in [0.05, 0.1) is 16.4 Å². The molecule has 2 aliphatic rings. The van der Waals surface area contributed by atoms with E-state index in [1.54, 1.807) is 36.4 Å². The SMILES string of the molecule is CCc1ccc(N2C(=O)[C@H]3N=NN(CC(=O)Nc4ccccc4Cl)[C@@H]3C2=O)cc1. The van der Waals surface area contributed by atoms with Crippen molar-refractivity contribution in [2.75, 3.05) is 16.8 Å². The van der Waals surface area contributed by atoms with Crippen LogP contribution in [0.15, 0.2) is 58.9 Å². The third-order valence-corrected chi connectivity index (χ3v) is 5.24. The van der Waals surface area contributed by atoms with Crippen LogP contribution in [0.25, 0.3) is 0 Å². The summed E-state index contributed by atoms with van der Waals surface area (Å²) in [7, 11) is 0. The van der Waals surface area contributed by atoms with Gasteiger partial charge in [-0.05, 0) is 36.2 Å². The minimum Gasteiger partial charge on any atom is -0.323 e. The molecule has 2 atom stereocenters. The highest BCUT2D eigenvalue weighted by atomic mass is 35.5. The van der Waals surface area contributed by atoms with Crippen LogP contribution in [0.4, 0.5) is 11.4 Å². The zero-order valence-electron chi connectivity index (χ0n) is 15.6. The first-order valence-corrected chi connectivity index (χ1v) is 9.56. The van der Waals surface area contributed by atoms with Crippen LogP contribution in [0.2, 0.25) is 5.02 Å². The van der Waals surface area contributed by atoms with Crippen LogP contribution in [-0.4, -0.2) is 41.4 Å². The molecule has 1 fully saturated rings. The molecular weight excluding hydrogens is 394 g/mol. The average Bonchev–Trinajstić information content (AvgIpc) is 3.23. The Balaban J connectivity index is 1.49. The van der Waals surface area contributed by atoms with Crippen molar-refractivity contribution >= 4 is 40.7 Å². The number of fused-ring (bicyclic) bond motifs is 1. The monoisotopic (exact) mass is 411 g/mol. The highest BCUT2D eigenvalue weighted by Gasteiger charge is 2.55. The van der Waals surface area contributed by atoms with E-state index in [-0.39, 0.29) is 6.54 Å². The first kappa shape index (κ1) is 19.1. The van der Waals surface area contributed by atoms with Crippen molar-refractivity contribution in [3.8, 4) is 0 Å². The molecule has 0 saturated carbocycles. The van der Waals surface area contributed by atoms with Crippen molar-refractivity contribution < 1.29 is 14.4 Å². The van der Waals surface area contributed by atoms with Crippen molar-refractivity contribution in [3.63, 3.8) is 0 Å². The smallest absolute Gasteiger partial charge is 0.263 e. The third kappa shape index (κ3) is 3.47. The van der Waals surface area contributed by atoms with Crippen LogP contribution in [0.1, 0.15) is 12.5 Å². The Morgan fingerprint density at radius 3 is 2.52 bits per heavy atom. The van der Waals surface area contributed by atoms with Crippen LogP contribution in [0, 0.1) is 0 Å². The van der Waals surface area contributed by atoms with Crippen LogP contribution in [0.3, 0.4) is 0 Å². The van der Waals surface area contributed by atoms with E-state index in [9.17, 15) is 14.4 Å². The zero-order valence-corrected chi connectivity index (χ0v) is 16.3. The Kier molecular flexibility index (Phi) is 5.02. The van der Waals surface area contributed by atoms with E-state index < -0.39 is 29.8 Å². The molecule has 2 aromatic rings. The fourth-order valence-electron chi connectivity index (χ4n) is 3.39. The lowest BCUT2D eigenvalue weighted by Gasteiger charge is -2.20. The highest BCUT2D eigenvalue weighted by molar-refractivity contribution is 6.33. The maximum Gasteiger partial charge on any atom is 0.263 e. The van der Waals surface area contributed by atoms with Gasteiger partial charge >= 0.3 is 0 Å².